The fourth-order valence-corrected chi connectivity index (χ4v) is 8.94. The molecule has 3 heterocycles. The maximum Gasteiger partial charge on any atom is 0.573 e. The number of hydrogen-bond donors (Lipinski definition) is 1. The molecule has 0 atom stereocenters. The van der Waals surface area contributed by atoms with Crippen LogP contribution in [0.3, 0.4) is 0 Å². The summed E-state index contributed by atoms with van der Waals surface area (Å²) in [7, 11) is -3.79. The number of aromatic amines is 1. The third-order valence-electron chi connectivity index (χ3n) is 8.98. The minimum atomic E-state index is -4.89. The maximum absolute atomic E-state index is 13.0. The largest absolute Gasteiger partial charge is 0.573 e. The Morgan fingerprint density at radius 3 is 2.24 bits per heavy atom. The van der Waals surface area contributed by atoms with Crippen LogP contribution >= 0.6 is 0 Å². The highest BCUT2D eigenvalue weighted by Gasteiger charge is 2.60. The molecule has 2 spiro atoms. The van der Waals surface area contributed by atoms with E-state index < -0.39 is 27.2 Å². The molecule has 2 aromatic rings. The number of rotatable bonds is 5. The van der Waals surface area contributed by atoms with Gasteiger partial charge in [0.1, 0.15) is 11.6 Å². The molecule has 5 aliphatic rings. The molecular weight excluding hydrogens is 523 g/mol. The van der Waals surface area contributed by atoms with Gasteiger partial charge in [0.15, 0.2) is 15.7 Å². The minimum absolute atomic E-state index is 0.00178. The van der Waals surface area contributed by atoms with E-state index in [1.54, 1.807) is 4.90 Å². The highest BCUT2D eigenvalue weighted by Crippen LogP contribution is 2.57. The molecule has 0 radical (unpaired) electrons. The molecule has 0 bridgehead atoms. The van der Waals surface area contributed by atoms with Crippen molar-refractivity contribution in [2.24, 2.45) is 10.8 Å². The van der Waals surface area contributed by atoms with Gasteiger partial charge < -0.3 is 14.5 Å². The first kappa shape index (κ1) is 24.2. The van der Waals surface area contributed by atoms with Gasteiger partial charge in [0.25, 0.3) is 0 Å². The van der Waals surface area contributed by atoms with E-state index in [0.717, 1.165) is 49.7 Å². The van der Waals surface area contributed by atoms with Gasteiger partial charge in [-0.2, -0.15) is 5.10 Å². The summed E-state index contributed by atoms with van der Waals surface area (Å²) in [6.07, 6.45) is 0.266. The summed E-state index contributed by atoms with van der Waals surface area (Å²) in [6.45, 7) is 2.50. The lowest BCUT2D eigenvalue weighted by molar-refractivity contribution is -0.274. The Morgan fingerprint density at radius 1 is 1.00 bits per heavy atom. The van der Waals surface area contributed by atoms with Crippen LogP contribution in [0.4, 0.5) is 18.0 Å². The molecule has 1 aromatic carbocycles. The van der Waals surface area contributed by atoms with Crippen LogP contribution in [0, 0.1) is 10.8 Å². The molecular formula is C25H28F3N5O4S. The number of alkyl halides is 3. The molecule has 3 aliphatic carbocycles. The first-order chi connectivity index (χ1) is 17.9. The third kappa shape index (κ3) is 4.04. The molecule has 2 saturated heterocycles. The number of H-pyrrole nitrogens is 1. The molecule has 3 saturated carbocycles. The number of hydrogen-bond acceptors (Lipinski definition) is 6. The van der Waals surface area contributed by atoms with Crippen LogP contribution < -0.4 is 4.74 Å². The number of benzene rings is 1. The van der Waals surface area contributed by atoms with Gasteiger partial charge in [0.05, 0.1) is 10.1 Å². The second-order valence-corrected chi connectivity index (χ2v) is 14.3. The summed E-state index contributed by atoms with van der Waals surface area (Å²) >= 11 is 0. The fourth-order valence-electron chi connectivity index (χ4n) is 6.86. The zero-order valence-corrected chi connectivity index (χ0v) is 21.4. The normalized spacial score (nSPS) is 24.5. The summed E-state index contributed by atoms with van der Waals surface area (Å²) in [5, 5.41) is 6.80. The minimum Gasteiger partial charge on any atom is -0.406 e. The van der Waals surface area contributed by atoms with E-state index >= 15 is 0 Å². The zero-order chi connectivity index (χ0) is 26.5. The highest BCUT2D eigenvalue weighted by atomic mass is 32.2. The van der Waals surface area contributed by atoms with Gasteiger partial charge in [0.2, 0.25) is 0 Å². The summed E-state index contributed by atoms with van der Waals surface area (Å²) < 4.78 is 67.4. The van der Waals surface area contributed by atoms with Crippen molar-refractivity contribution in [3.63, 3.8) is 0 Å². The van der Waals surface area contributed by atoms with Gasteiger partial charge >= 0.3 is 12.4 Å². The van der Waals surface area contributed by atoms with Crippen molar-refractivity contribution >= 4 is 15.9 Å². The van der Waals surface area contributed by atoms with Gasteiger partial charge in [0, 0.05) is 48.8 Å². The number of ether oxygens (including phenoxy) is 1. The van der Waals surface area contributed by atoms with Crippen molar-refractivity contribution in [3.8, 4) is 5.75 Å². The number of urea groups is 1. The lowest BCUT2D eigenvalue weighted by atomic mass is 9.57. The average Bonchev–Trinajstić information content (AvgIpc) is 3.46. The van der Waals surface area contributed by atoms with Crippen LogP contribution in [-0.4, -0.2) is 77.2 Å². The van der Waals surface area contributed by atoms with Crippen molar-refractivity contribution in [3.05, 3.63) is 35.9 Å². The Labute approximate surface area is 217 Å². The monoisotopic (exact) mass is 551 g/mol. The molecule has 5 fully saturated rings. The van der Waals surface area contributed by atoms with E-state index in [-0.39, 0.29) is 21.8 Å². The number of amides is 2. The number of likely N-dealkylation sites (tertiary alicyclic amines) is 2. The predicted octanol–water partition coefficient (Wildman–Crippen LogP) is 3.82. The molecule has 1 N–H and O–H groups in total. The molecule has 1 aromatic heterocycles. The first-order valence-corrected chi connectivity index (χ1v) is 14.5. The van der Waals surface area contributed by atoms with Crippen molar-refractivity contribution in [1.29, 1.82) is 0 Å². The lowest BCUT2D eigenvalue weighted by Crippen LogP contribution is -2.71. The number of halogens is 3. The maximum atomic E-state index is 13.0. The molecule has 0 unspecified atom stereocenters. The number of nitrogens with one attached hydrogen (secondary N) is 1. The van der Waals surface area contributed by atoms with Crippen molar-refractivity contribution < 1.29 is 31.1 Å². The Morgan fingerprint density at radius 2 is 1.63 bits per heavy atom. The molecule has 7 rings (SSSR count). The van der Waals surface area contributed by atoms with Crippen LogP contribution in [0.15, 0.2) is 29.2 Å². The third-order valence-corrected chi connectivity index (χ3v) is 11.1. The Bertz CT molecular complexity index is 1380. The van der Waals surface area contributed by atoms with Gasteiger partial charge in [-0.1, -0.05) is 6.07 Å². The average molecular weight is 552 g/mol. The van der Waals surface area contributed by atoms with E-state index in [1.807, 2.05) is 4.90 Å². The van der Waals surface area contributed by atoms with Crippen molar-refractivity contribution in [1.82, 2.24) is 25.0 Å². The summed E-state index contributed by atoms with van der Waals surface area (Å²) in [5.41, 5.74) is -0.0499. The summed E-state index contributed by atoms with van der Waals surface area (Å²) in [5.74, 6) is 2.27. The lowest BCUT2D eigenvalue weighted by Gasteiger charge is -2.63. The van der Waals surface area contributed by atoms with E-state index in [2.05, 4.69) is 19.9 Å². The zero-order valence-electron chi connectivity index (χ0n) is 20.6. The van der Waals surface area contributed by atoms with Crippen LogP contribution in [0.5, 0.6) is 5.75 Å². The highest BCUT2D eigenvalue weighted by molar-refractivity contribution is 7.92. The molecule has 13 heteroatoms. The molecule has 2 aliphatic heterocycles. The van der Waals surface area contributed by atoms with E-state index in [1.165, 1.54) is 25.0 Å². The van der Waals surface area contributed by atoms with Crippen molar-refractivity contribution in [2.75, 3.05) is 26.2 Å². The number of carbonyl (C=O) groups excluding carboxylic acids is 1. The summed E-state index contributed by atoms with van der Waals surface area (Å²) in [6, 6.07) is 4.53. The van der Waals surface area contributed by atoms with Crippen LogP contribution in [0.25, 0.3) is 0 Å². The second kappa shape index (κ2) is 7.86. The Kier molecular flexibility index (Phi) is 5.01. The van der Waals surface area contributed by atoms with E-state index in [4.69, 9.17) is 0 Å². The number of nitrogens with zero attached hydrogens (tertiary/aromatic N) is 4. The van der Waals surface area contributed by atoms with E-state index in [9.17, 15) is 26.4 Å². The predicted molar refractivity (Wildman–Crippen MR) is 127 cm³/mol. The Balaban J connectivity index is 0.882. The SMILES string of the molecule is O=C(N1CC2(CC(c3n[nH]c(C4CC4)n3)C2)C1)N1CC2(CC(S(=O)(=O)c3cccc(OC(F)(F)F)c3)C2)C1. The van der Waals surface area contributed by atoms with Crippen LogP contribution in [0.2, 0.25) is 0 Å². The van der Waals surface area contributed by atoms with Gasteiger partial charge in [-0.3, -0.25) is 5.10 Å². The smallest absolute Gasteiger partial charge is 0.406 e. The van der Waals surface area contributed by atoms with Gasteiger partial charge in [-0.05, 0) is 56.7 Å². The molecule has 38 heavy (non-hydrogen) atoms. The second-order valence-electron chi connectivity index (χ2n) is 12.1. The molecule has 2 amide bonds. The van der Waals surface area contributed by atoms with Crippen molar-refractivity contribution in [2.45, 2.75) is 66.9 Å². The summed E-state index contributed by atoms with van der Waals surface area (Å²) in [4.78, 5) is 21.1. The molecule has 204 valence electrons. The number of sulfone groups is 1. The van der Waals surface area contributed by atoms with Gasteiger partial charge in [-0.15, -0.1) is 13.2 Å². The van der Waals surface area contributed by atoms with Crippen LogP contribution in [-0.2, 0) is 9.84 Å². The fraction of sp³-hybridized carbons (Fsp3) is 0.640. The van der Waals surface area contributed by atoms with Crippen LogP contribution in [0.1, 0.15) is 62.0 Å². The standard InChI is InChI=1S/C25H28F3N5O4S/c26-25(27,28)37-17-2-1-3-18(6-17)38(35,36)19-9-24(10-19)13-33(14-24)22(34)32-11-23(12-32)7-16(8-23)21-29-20(30-31-21)15-4-5-15/h1-3,6,15-16,19H,4-5,7-14H2,(H,29,30,31). The quantitative estimate of drug-likeness (QED) is 0.606. The number of carbonyl (C=O) groups is 1. The number of aromatic nitrogens is 3. The topological polar surface area (TPSA) is 108 Å². The Hall–Kier alpha value is -2.83. The molecule has 9 nitrogen and oxygen atoms in total. The van der Waals surface area contributed by atoms with Gasteiger partial charge in [-0.25, -0.2) is 18.2 Å². The first-order valence-electron chi connectivity index (χ1n) is 13.0. The van der Waals surface area contributed by atoms with E-state index in [0.29, 0.717) is 37.8 Å².